The van der Waals surface area contributed by atoms with Crippen molar-refractivity contribution >= 4 is 28.4 Å². The normalized spacial score (nSPS) is 13.6. The van der Waals surface area contributed by atoms with Crippen LogP contribution in [-0.4, -0.2) is 20.1 Å². The first-order valence-corrected chi connectivity index (χ1v) is 12.0. The summed E-state index contributed by atoms with van der Waals surface area (Å²) in [7, 11) is -2.31. The summed E-state index contributed by atoms with van der Waals surface area (Å²) in [5, 5.41) is 1.95. The van der Waals surface area contributed by atoms with Crippen molar-refractivity contribution in [2.75, 3.05) is 0 Å². The van der Waals surface area contributed by atoms with Gasteiger partial charge in [-0.1, -0.05) is 57.8 Å². The lowest BCUT2D eigenvalue weighted by Crippen LogP contribution is -2.54. The molecule has 0 aromatic heterocycles. The zero-order valence-corrected chi connectivity index (χ0v) is 12.0. The van der Waals surface area contributed by atoms with E-state index in [1.807, 2.05) is 17.4 Å². The third-order valence-electron chi connectivity index (χ3n) is 1.40. The highest BCUT2D eigenvalue weighted by atomic mass is 32.2. The Morgan fingerprint density at radius 2 is 1.33 bits per heavy atom. The van der Waals surface area contributed by atoms with Crippen LogP contribution in [0.25, 0.3) is 0 Å². The second-order valence-electron chi connectivity index (χ2n) is 4.91. The summed E-state index contributed by atoms with van der Waals surface area (Å²) < 4.78 is 2.63. The summed E-state index contributed by atoms with van der Waals surface area (Å²) >= 11 is 1.81. The molecule has 72 valence electrons. The van der Waals surface area contributed by atoms with E-state index in [1.165, 1.54) is 0 Å². The Balaban J connectivity index is 4.56. The van der Waals surface area contributed by atoms with E-state index in [-0.39, 0.29) is 0 Å². The number of rotatable bonds is 4. The van der Waals surface area contributed by atoms with Gasteiger partial charge in [0.15, 0.2) is 0 Å². The molecule has 0 aromatic carbocycles. The van der Waals surface area contributed by atoms with E-state index in [1.54, 1.807) is 0 Å². The van der Waals surface area contributed by atoms with E-state index in [4.69, 9.17) is 0 Å². The molecular weight excluding hydrogens is 198 g/mol. The van der Waals surface area contributed by atoms with Crippen molar-refractivity contribution in [1.82, 2.24) is 3.64 Å². The van der Waals surface area contributed by atoms with Gasteiger partial charge in [0.25, 0.3) is 0 Å². The highest BCUT2D eigenvalue weighted by Gasteiger charge is 2.34. The second kappa shape index (κ2) is 4.13. The zero-order chi connectivity index (χ0) is 9.99. The fraction of sp³-hybridized carbons (Fsp3) is 0.750. The summed E-state index contributed by atoms with van der Waals surface area (Å²) in [5.41, 5.74) is 0. The lowest BCUT2D eigenvalue weighted by molar-refractivity contribution is 1.01. The summed E-state index contributed by atoms with van der Waals surface area (Å²) in [6.07, 6.45) is 0. The van der Waals surface area contributed by atoms with Gasteiger partial charge in [0.2, 0.25) is 0 Å². The fourth-order valence-corrected chi connectivity index (χ4v) is 12.6. The predicted octanol–water partition coefficient (Wildman–Crippen LogP) is 3.75. The molecule has 0 aliphatic rings. The van der Waals surface area contributed by atoms with Gasteiger partial charge in [0.1, 0.15) is 16.5 Å². The van der Waals surface area contributed by atoms with Crippen molar-refractivity contribution in [2.24, 2.45) is 0 Å². The fourth-order valence-electron chi connectivity index (χ4n) is 1.40. The minimum Gasteiger partial charge on any atom is -0.289 e. The highest BCUT2D eigenvalue weighted by molar-refractivity contribution is 8.02. The Bertz CT molecular complexity index is 143. The van der Waals surface area contributed by atoms with Crippen LogP contribution in [0.5, 0.6) is 0 Å². The number of nitrogens with zero attached hydrogens (tertiary/aromatic N) is 1. The van der Waals surface area contributed by atoms with E-state index >= 15 is 0 Å². The molecule has 0 saturated carbocycles. The third-order valence-corrected chi connectivity index (χ3v) is 12.1. The molecule has 4 heteroatoms. The van der Waals surface area contributed by atoms with Crippen LogP contribution < -0.4 is 0 Å². The zero-order valence-electron chi connectivity index (χ0n) is 9.14. The van der Waals surface area contributed by atoms with Crippen molar-refractivity contribution in [3.05, 3.63) is 12.0 Å². The molecule has 0 unspecified atom stereocenters. The van der Waals surface area contributed by atoms with Crippen LogP contribution in [0, 0.1) is 0 Å². The topological polar surface area (TPSA) is 3.24 Å². The first-order valence-electron chi connectivity index (χ1n) is 4.27. The van der Waals surface area contributed by atoms with Gasteiger partial charge in [0.05, 0.1) is 0 Å². The van der Waals surface area contributed by atoms with Gasteiger partial charge in [-0.05, 0) is 5.41 Å². The van der Waals surface area contributed by atoms with Crippen LogP contribution in [0.3, 0.4) is 0 Å². The van der Waals surface area contributed by atoms with Crippen LogP contribution in [0.2, 0.25) is 39.3 Å². The molecule has 0 bridgehead atoms. The van der Waals surface area contributed by atoms with Crippen molar-refractivity contribution < 1.29 is 0 Å². The molecular formula is C8H21NSSi2. The van der Waals surface area contributed by atoms with Crippen molar-refractivity contribution in [3.63, 3.8) is 0 Å². The Morgan fingerprint density at radius 3 is 1.42 bits per heavy atom. The molecule has 0 heterocycles. The first-order chi connectivity index (χ1) is 5.19. The maximum absolute atomic E-state index is 3.79. The van der Waals surface area contributed by atoms with Crippen LogP contribution in [0.15, 0.2) is 12.0 Å². The molecule has 1 nitrogen and oxygen atoms in total. The van der Waals surface area contributed by atoms with E-state index < -0.39 is 16.5 Å². The highest BCUT2D eigenvalue weighted by Crippen LogP contribution is 2.28. The van der Waals surface area contributed by atoms with Gasteiger partial charge in [-0.3, -0.25) is 3.64 Å². The number of hydrogen-bond acceptors (Lipinski definition) is 2. The quantitative estimate of drug-likeness (QED) is 0.523. The van der Waals surface area contributed by atoms with Crippen LogP contribution in [0.4, 0.5) is 0 Å². The van der Waals surface area contributed by atoms with Crippen molar-refractivity contribution in [1.29, 1.82) is 0 Å². The van der Waals surface area contributed by atoms with Crippen LogP contribution >= 0.6 is 11.9 Å². The summed E-state index contributed by atoms with van der Waals surface area (Å²) in [5.74, 6) is 0. The van der Waals surface area contributed by atoms with Crippen molar-refractivity contribution in [3.8, 4) is 0 Å². The minimum atomic E-state index is -1.16. The third kappa shape index (κ3) is 3.93. The molecule has 0 N–H and O–H groups in total. The van der Waals surface area contributed by atoms with E-state index in [2.05, 4.69) is 49.5 Å². The summed E-state index contributed by atoms with van der Waals surface area (Å²) in [4.78, 5) is 0. The van der Waals surface area contributed by atoms with Gasteiger partial charge in [-0.15, -0.1) is 0 Å². The summed E-state index contributed by atoms with van der Waals surface area (Å²) in [6.45, 7) is 18.1. The SMILES string of the molecule is C=CSN([Si](C)(C)C)[Si](C)(C)C. The monoisotopic (exact) mass is 219 g/mol. The molecule has 12 heavy (non-hydrogen) atoms. The largest absolute Gasteiger partial charge is 0.289 e. The first kappa shape index (κ1) is 12.5. The number of hydrogen-bond donors (Lipinski definition) is 0. The Labute approximate surface area is 83.5 Å². The Kier molecular flexibility index (Phi) is 4.30. The standard InChI is InChI=1S/C8H21NSSi2/c1-8-10-9(11(2,3)4)12(5,6)7/h8H,1H2,2-7H3. The van der Waals surface area contributed by atoms with E-state index in [9.17, 15) is 0 Å². The smallest absolute Gasteiger partial charge is 0.123 e. The maximum Gasteiger partial charge on any atom is 0.123 e. The predicted molar refractivity (Wildman–Crippen MR) is 66.3 cm³/mol. The molecule has 0 fully saturated rings. The Morgan fingerprint density at radius 1 is 1.00 bits per heavy atom. The summed E-state index contributed by atoms with van der Waals surface area (Å²) in [6, 6.07) is 0. The molecule has 0 amide bonds. The average Bonchev–Trinajstić information content (AvgIpc) is 1.77. The molecule has 0 saturated heterocycles. The Hall–Kier alpha value is 0.484. The molecule has 0 aliphatic carbocycles. The maximum atomic E-state index is 3.79. The van der Waals surface area contributed by atoms with Gasteiger partial charge in [-0.25, -0.2) is 0 Å². The molecule has 0 spiro atoms. The average molecular weight is 220 g/mol. The van der Waals surface area contributed by atoms with Gasteiger partial charge < -0.3 is 0 Å². The molecule has 0 aromatic rings. The van der Waals surface area contributed by atoms with Crippen LogP contribution in [0.1, 0.15) is 0 Å². The second-order valence-corrected chi connectivity index (χ2v) is 16.5. The lowest BCUT2D eigenvalue weighted by Gasteiger charge is -2.41. The minimum absolute atomic E-state index is 1.16. The van der Waals surface area contributed by atoms with Crippen molar-refractivity contribution in [2.45, 2.75) is 39.3 Å². The van der Waals surface area contributed by atoms with Gasteiger partial charge in [-0.2, -0.15) is 0 Å². The lowest BCUT2D eigenvalue weighted by atomic mass is 11.3. The molecule has 0 rings (SSSR count). The van der Waals surface area contributed by atoms with E-state index in [0.717, 1.165) is 0 Å². The van der Waals surface area contributed by atoms with E-state index in [0.29, 0.717) is 0 Å². The van der Waals surface area contributed by atoms with Crippen LogP contribution in [-0.2, 0) is 0 Å². The molecule has 0 radical (unpaired) electrons. The molecule has 0 aliphatic heterocycles. The molecule has 0 atom stereocenters. The van der Waals surface area contributed by atoms with Gasteiger partial charge in [0, 0.05) is 0 Å². The van der Waals surface area contributed by atoms with Gasteiger partial charge >= 0.3 is 0 Å².